The van der Waals surface area contributed by atoms with E-state index in [2.05, 4.69) is 0 Å². The van der Waals surface area contributed by atoms with Crippen LogP contribution in [0.25, 0.3) is 5.69 Å². The summed E-state index contributed by atoms with van der Waals surface area (Å²) in [6.45, 7) is 2.02. The fraction of sp³-hybridized carbons (Fsp3) is 0.105. The minimum absolute atomic E-state index is 0.309. The molecule has 2 aromatic carbocycles. The summed E-state index contributed by atoms with van der Waals surface area (Å²) in [7, 11) is 0. The summed E-state index contributed by atoms with van der Waals surface area (Å²) in [5.74, 6) is -0.309. The van der Waals surface area contributed by atoms with Crippen molar-refractivity contribution < 1.29 is 9.90 Å². The summed E-state index contributed by atoms with van der Waals surface area (Å²) < 4.78 is 1.80. The predicted molar refractivity (Wildman–Crippen MR) is 86.2 cm³/mol. The second-order valence-corrected chi connectivity index (χ2v) is 5.28. The zero-order chi connectivity index (χ0) is 15.5. The van der Waals surface area contributed by atoms with E-state index >= 15 is 0 Å². The van der Waals surface area contributed by atoms with Crippen molar-refractivity contribution in [2.24, 2.45) is 0 Å². The number of aryl methyl sites for hydroxylation is 1. The summed E-state index contributed by atoms with van der Waals surface area (Å²) in [6, 6.07) is 20.4. The number of carbonyl (C=O) groups excluding carboxylic acids is 1. The molecule has 3 rings (SSSR count). The van der Waals surface area contributed by atoms with Gasteiger partial charge < -0.3 is 9.67 Å². The fourth-order valence-electron chi connectivity index (χ4n) is 2.44. The van der Waals surface area contributed by atoms with Crippen molar-refractivity contribution >= 4 is 5.78 Å². The SMILES string of the molecule is Cc1ccc(-n2cccc2C(=O)C(O)c2ccccc2)cc1. The molecule has 1 heterocycles. The average Bonchev–Trinajstić information content (AvgIpc) is 3.04. The van der Waals surface area contributed by atoms with Crippen LogP contribution in [-0.2, 0) is 0 Å². The molecule has 22 heavy (non-hydrogen) atoms. The van der Waals surface area contributed by atoms with Gasteiger partial charge in [-0.25, -0.2) is 0 Å². The Bertz CT molecular complexity index is 773. The van der Waals surface area contributed by atoms with Gasteiger partial charge in [0, 0.05) is 11.9 Å². The number of aliphatic hydroxyl groups is 1. The molecule has 0 amide bonds. The molecular formula is C19H17NO2. The minimum Gasteiger partial charge on any atom is -0.380 e. The molecule has 0 saturated carbocycles. The molecule has 0 radical (unpaired) electrons. The van der Waals surface area contributed by atoms with Crippen LogP contribution in [0.5, 0.6) is 0 Å². The molecular weight excluding hydrogens is 274 g/mol. The summed E-state index contributed by atoms with van der Waals surface area (Å²) in [4.78, 5) is 12.6. The molecule has 3 nitrogen and oxygen atoms in total. The van der Waals surface area contributed by atoms with Crippen molar-refractivity contribution in [3.8, 4) is 5.69 Å². The van der Waals surface area contributed by atoms with E-state index < -0.39 is 6.10 Å². The van der Waals surface area contributed by atoms with Gasteiger partial charge >= 0.3 is 0 Å². The second-order valence-electron chi connectivity index (χ2n) is 5.28. The van der Waals surface area contributed by atoms with E-state index in [0.29, 0.717) is 11.3 Å². The summed E-state index contributed by atoms with van der Waals surface area (Å²) in [5, 5.41) is 10.3. The van der Waals surface area contributed by atoms with Crippen molar-refractivity contribution in [2.75, 3.05) is 0 Å². The lowest BCUT2D eigenvalue weighted by molar-refractivity contribution is 0.0740. The number of hydrogen-bond donors (Lipinski definition) is 1. The van der Waals surface area contributed by atoms with Crippen LogP contribution in [0.3, 0.4) is 0 Å². The van der Waals surface area contributed by atoms with E-state index in [1.807, 2.05) is 61.7 Å². The number of carbonyl (C=O) groups is 1. The van der Waals surface area contributed by atoms with Crippen LogP contribution >= 0.6 is 0 Å². The molecule has 110 valence electrons. The lowest BCUT2D eigenvalue weighted by Crippen LogP contribution is -2.16. The first kappa shape index (κ1) is 14.3. The van der Waals surface area contributed by atoms with Crippen LogP contribution < -0.4 is 0 Å². The van der Waals surface area contributed by atoms with Crippen molar-refractivity contribution in [3.63, 3.8) is 0 Å². The highest BCUT2D eigenvalue weighted by Gasteiger charge is 2.22. The highest BCUT2D eigenvalue weighted by Crippen LogP contribution is 2.21. The van der Waals surface area contributed by atoms with Gasteiger partial charge in [0.2, 0.25) is 5.78 Å². The molecule has 3 heteroatoms. The summed E-state index contributed by atoms with van der Waals surface area (Å²) in [5.41, 5.74) is 3.14. The van der Waals surface area contributed by atoms with E-state index in [0.717, 1.165) is 11.3 Å². The molecule has 3 aromatic rings. The Hall–Kier alpha value is -2.65. The molecule has 1 atom stereocenters. The smallest absolute Gasteiger partial charge is 0.212 e. The van der Waals surface area contributed by atoms with Crippen LogP contribution in [0.1, 0.15) is 27.7 Å². The zero-order valence-corrected chi connectivity index (χ0v) is 12.3. The highest BCUT2D eigenvalue weighted by atomic mass is 16.3. The van der Waals surface area contributed by atoms with Gasteiger partial charge in [0.05, 0.1) is 5.69 Å². The van der Waals surface area contributed by atoms with Gasteiger partial charge in [-0.1, -0.05) is 48.0 Å². The van der Waals surface area contributed by atoms with E-state index in [-0.39, 0.29) is 5.78 Å². The maximum atomic E-state index is 12.6. The molecule has 0 saturated heterocycles. The number of Topliss-reactive ketones (excluding diaryl/α,β-unsaturated/α-hetero) is 1. The first-order valence-corrected chi connectivity index (χ1v) is 7.18. The first-order valence-electron chi connectivity index (χ1n) is 7.18. The van der Waals surface area contributed by atoms with Crippen LogP contribution in [-0.4, -0.2) is 15.5 Å². The van der Waals surface area contributed by atoms with Crippen LogP contribution in [0.2, 0.25) is 0 Å². The van der Waals surface area contributed by atoms with Gasteiger partial charge in [-0.05, 0) is 36.8 Å². The Morgan fingerprint density at radius 1 is 0.955 bits per heavy atom. The molecule has 0 spiro atoms. The lowest BCUT2D eigenvalue weighted by atomic mass is 10.0. The van der Waals surface area contributed by atoms with Crippen LogP contribution in [0.15, 0.2) is 72.9 Å². The zero-order valence-electron chi connectivity index (χ0n) is 12.3. The van der Waals surface area contributed by atoms with E-state index in [1.165, 1.54) is 0 Å². The average molecular weight is 291 g/mol. The van der Waals surface area contributed by atoms with Gasteiger partial charge in [-0.15, -0.1) is 0 Å². The van der Waals surface area contributed by atoms with Gasteiger partial charge in [0.1, 0.15) is 6.10 Å². The third-order valence-corrected chi connectivity index (χ3v) is 3.68. The molecule has 0 aliphatic carbocycles. The van der Waals surface area contributed by atoms with Crippen molar-refractivity contribution in [3.05, 3.63) is 89.7 Å². The lowest BCUT2D eigenvalue weighted by Gasteiger charge is -2.13. The van der Waals surface area contributed by atoms with Crippen LogP contribution in [0, 0.1) is 6.92 Å². The van der Waals surface area contributed by atoms with Gasteiger partial charge in [0.15, 0.2) is 0 Å². The Morgan fingerprint density at radius 3 is 2.32 bits per heavy atom. The fourth-order valence-corrected chi connectivity index (χ4v) is 2.44. The number of aliphatic hydroxyl groups excluding tert-OH is 1. The van der Waals surface area contributed by atoms with Crippen molar-refractivity contribution in [1.82, 2.24) is 4.57 Å². The Morgan fingerprint density at radius 2 is 1.64 bits per heavy atom. The predicted octanol–water partition coefficient (Wildman–Crippen LogP) is 3.70. The molecule has 0 aliphatic rings. The minimum atomic E-state index is -1.15. The van der Waals surface area contributed by atoms with E-state index in [1.54, 1.807) is 22.8 Å². The largest absolute Gasteiger partial charge is 0.380 e. The monoisotopic (exact) mass is 291 g/mol. The Kier molecular flexibility index (Phi) is 3.90. The first-order chi connectivity index (χ1) is 10.7. The van der Waals surface area contributed by atoms with Crippen LogP contribution in [0.4, 0.5) is 0 Å². The topological polar surface area (TPSA) is 42.2 Å². The normalized spacial score (nSPS) is 12.1. The van der Waals surface area contributed by atoms with Gasteiger partial charge in [-0.2, -0.15) is 0 Å². The molecule has 1 N–H and O–H groups in total. The Balaban J connectivity index is 1.94. The molecule has 0 aliphatic heterocycles. The molecule has 1 unspecified atom stereocenters. The standard InChI is InChI=1S/C19H17NO2/c1-14-9-11-16(12-10-14)20-13-5-8-17(20)19(22)18(21)15-6-3-2-4-7-15/h2-13,18,21H,1H3. The second kappa shape index (κ2) is 6.00. The number of ketones is 1. The van der Waals surface area contributed by atoms with Crippen molar-refractivity contribution in [1.29, 1.82) is 0 Å². The summed E-state index contributed by atoms with van der Waals surface area (Å²) >= 11 is 0. The van der Waals surface area contributed by atoms with E-state index in [4.69, 9.17) is 0 Å². The van der Waals surface area contributed by atoms with Crippen molar-refractivity contribution in [2.45, 2.75) is 13.0 Å². The molecule has 0 fully saturated rings. The Labute approximate surface area is 129 Å². The van der Waals surface area contributed by atoms with Gasteiger partial charge in [-0.3, -0.25) is 4.79 Å². The highest BCUT2D eigenvalue weighted by molar-refractivity contribution is 5.99. The number of nitrogens with zero attached hydrogens (tertiary/aromatic N) is 1. The number of aromatic nitrogens is 1. The number of rotatable bonds is 4. The van der Waals surface area contributed by atoms with E-state index in [9.17, 15) is 9.90 Å². The van der Waals surface area contributed by atoms with Gasteiger partial charge in [0.25, 0.3) is 0 Å². The quantitative estimate of drug-likeness (QED) is 0.745. The number of hydrogen-bond acceptors (Lipinski definition) is 2. The maximum Gasteiger partial charge on any atom is 0.212 e. The molecule has 1 aromatic heterocycles. The summed E-state index contributed by atoms with van der Waals surface area (Å²) in [6.07, 6.45) is 0.676. The third-order valence-electron chi connectivity index (χ3n) is 3.68. The third kappa shape index (κ3) is 2.71. The molecule has 0 bridgehead atoms. The number of benzene rings is 2. The maximum absolute atomic E-state index is 12.6.